The van der Waals surface area contributed by atoms with Gasteiger partial charge >= 0.3 is 5.97 Å². The smallest absolute Gasteiger partial charge is 0.316 e. The average Bonchev–Trinajstić information content (AvgIpc) is 3.25. The maximum atomic E-state index is 12.6. The number of fused-ring (bicyclic) bond motifs is 1. The minimum atomic E-state index is -0.300. The highest BCUT2D eigenvalue weighted by Crippen LogP contribution is 2.27. The summed E-state index contributed by atoms with van der Waals surface area (Å²) in [7, 11) is 0. The molecule has 0 radical (unpaired) electrons. The highest BCUT2D eigenvalue weighted by molar-refractivity contribution is 8.01. The Kier molecular flexibility index (Phi) is 6.83. The largest absolute Gasteiger partial charge is 0.465 e. The maximum absolute atomic E-state index is 12.6. The number of anilines is 2. The van der Waals surface area contributed by atoms with Gasteiger partial charge < -0.3 is 9.64 Å². The van der Waals surface area contributed by atoms with Crippen molar-refractivity contribution < 1.29 is 14.3 Å². The highest BCUT2D eigenvalue weighted by atomic mass is 32.2. The first kappa shape index (κ1) is 21.3. The van der Waals surface area contributed by atoms with Gasteiger partial charge in [-0.1, -0.05) is 47.4 Å². The molecule has 2 aromatic carbocycles. The Morgan fingerprint density at radius 2 is 1.90 bits per heavy atom. The summed E-state index contributed by atoms with van der Waals surface area (Å²) in [6, 6.07) is 16.1. The quantitative estimate of drug-likeness (QED) is 0.328. The molecule has 1 aliphatic rings. The minimum Gasteiger partial charge on any atom is -0.465 e. The van der Waals surface area contributed by atoms with E-state index in [0.29, 0.717) is 21.6 Å². The zero-order valence-corrected chi connectivity index (χ0v) is 18.7. The number of esters is 1. The fourth-order valence-electron chi connectivity index (χ4n) is 3.35. The van der Waals surface area contributed by atoms with Crippen LogP contribution < -0.4 is 10.2 Å². The number of thioether (sulfide) groups is 1. The topological polar surface area (TPSA) is 84.4 Å². The fourth-order valence-corrected chi connectivity index (χ4v) is 4.90. The number of carbonyl (C=O) groups excluding carboxylic acids is 2. The van der Waals surface area contributed by atoms with Crippen LogP contribution in [0.15, 0.2) is 52.9 Å². The number of hydrogen-bond donors (Lipinski definition) is 1. The summed E-state index contributed by atoms with van der Waals surface area (Å²) in [6.07, 6.45) is 1.02. The van der Waals surface area contributed by atoms with Crippen LogP contribution in [-0.2, 0) is 22.5 Å². The molecule has 0 aliphatic carbocycles. The Labute approximate surface area is 188 Å². The van der Waals surface area contributed by atoms with Crippen LogP contribution in [0.1, 0.15) is 28.4 Å². The Hall–Kier alpha value is -2.91. The predicted octanol–water partition coefficient (Wildman–Crippen LogP) is 4.01. The van der Waals surface area contributed by atoms with Gasteiger partial charge in [0.15, 0.2) is 4.34 Å². The molecule has 0 spiro atoms. The molecular weight excluding hydrogens is 432 g/mol. The third kappa shape index (κ3) is 5.42. The van der Waals surface area contributed by atoms with Crippen molar-refractivity contribution in [3.05, 3.63) is 65.2 Å². The SMILES string of the molecule is CCOC(=O)CSc1nnc(NC(=O)c2ccc(N3CCc4ccccc4C3)cc2)s1. The van der Waals surface area contributed by atoms with Gasteiger partial charge in [0, 0.05) is 24.3 Å². The van der Waals surface area contributed by atoms with E-state index in [1.165, 1.54) is 34.2 Å². The molecule has 31 heavy (non-hydrogen) atoms. The lowest BCUT2D eigenvalue weighted by molar-refractivity contribution is -0.139. The van der Waals surface area contributed by atoms with Crippen LogP contribution in [0.5, 0.6) is 0 Å². The maximum Gasteiger partial charge on any atom is 0.316 e. The number of rotatable bonds is 7. The van der Waals surface area contributed by atoms with Crippen molar-refractivity contribution in [3.63, 3.8) is 0 Å². The monoisotopic (exact) mass is 454 g/mol. The van der Waals surface area contributed by atoms with Crippen LogP contribution in [0.4, 0.5) is 10.8 Å². The molecule has 0 fully saturated rings. The predicted molar refractivity (Wildman–Crippen MR) is 123 cm³/mol. The molecule has 0 saturated heterocycles. The number of benzene rings is 2. The van der Waals surface area contributed by atoms with E-state index in [0.717, 1.165) is 25.2 Å². The van der Waals surface area contributed by atoms with E-state index >= 15 is 0 Å². The number of nitrogens with zero attached hydrogens (tertiary/aromatic N) is 3. The number of ether oxygens (including phenoxy) is 1. The van der Waals surface area contributed by atoms with Gasteiger partial charge in [0.25, 0.3) is 5.91 Å². The Balaban J connectivity index is 1.33. The first-order valence-corrected chi connectivity index (χ1v) is 11.8. The van der Waals surface area contributed by atoms with Crippen molar-refractivity contribution in [2.45, 2.75) is 24.2 Å². The van der Waals surface area contributed by atoms with E-state index in [2.05, 4.69) is 44.7 Å². The molecule has 1 aliphatic heterocycles. The molecule has 160 valence electrons. The summed E-state index contributed by atoms with van der Waals surface area (Å²) < 4.78 is 5.49. The summed E-state index contributed by atoms with van der Waals surface area (Å²) in [4.78, 5) is 26.3. The lowest BCUT2D eigenvalue weighted by Crippen LogP contribution is -2.30. The number of hydrogen-bond acceptors (Lipinski definition) is 8. The second-order valence-electron chi connectivity index (χ2n) is 6.91. The molecule has 0 bridgehead atoms. The molecule has 1 N–H and O–H groups in total. The second kappa shape index (κ2) is 9.93. The third-order valence-corrected chi connectivity index (χ3v) is 6.82. The Morgan fingerprint density at radius 3 is 2.68 bits per heavy atom. The molecule has 7 nitrogen and oxygen atoms in total. The minimum absolute atomic E-state index is 0.166. The first-order valence-electron chi connectivity index (χ1n) is 9.97. The van der Waals surface area contributed by atoms with Crippen molar-refractivity contribution in [3.8, 4) is 0 Å². The standard InChI is InChI=1S/C22H22N4O3S2/c1-2-29-19(27)14-30-22-25-24-21(31-22)23-20(28)16-7-9-18(10-8-16)26-12-11-15-5-3-4-6-17(15)13-26/h3-10H,2,11-14H2,1H3,(H,23,24,28). The van der Waals surface area contributed by atoms with Crippen LogP contribution >= 0.6 is 23.1 Å². The molecule has 1 aromatic heterocycles. The second-order valence-corrected chi connectivity index (χ2v) is 9.11. The van der Waals surface area contributed by atoms with Gasteiger partial charge in [-0.3, -0.25) is 14.9 Å². The number of aromatic nitrogens is 2. The molecule has 1 amide bonds. The van der Waals surface area contributed by atoms with E-state index in [1.807, 2.05) is 24.3 Å². The molecule has 4 rings (SSSR count). The fraction of sp³-hybridized carbons (Fsp3) is 0.273. The zero-order valence-electron chi connectivity index (χ0n) is 17.0. The zero-order chi connectivity index (χ0) is 21.6. The van der Waals surface area contributed by atoms with E-state index in [4.69, 9.17) is 4.74 Å². The molecule has 0 unspecified atom stereocenters. The molecule has 2 heterocycles. The van der Waals surface area contributed by atoms with Crippen LogP contribution in [0, 0.1) is 0 Å². The van der Waals surface area contributed by atoms with E-state index in [1.54, 1.807) is 6.92 Å². The van der Waals surface area contributed by atoms with Crippen molar-refractivity contribution in [1.29, 1.82) is 0 Å². The lowest BCUT2D eigenvalue weighted by atomic mass is 9.99. The van der Waals surface area contributed by atoms with Crippen molar-refractivity contribution >= 4 is 45.8 Å². The number of amides is 1. The van der Waals surface area contributed by atoms with Crippen LogP contribution in [0.3, 0.4) is 0 Å². The van der Waals surface area contributed by atoms with Gasteiger partial charge in [-0.05, 0) is 48.7 Å². The summed E-state index contributed by atoms with van der Waals surface area (Å²) in [5.74, 6) is -0.377. The normalized spacial score (nSPS) is 12.9. The molecule has 0 saturated carbocycles. The van der Waals surface area contributed by atoms with Gasteiger partial charge in [-0.15, -0.1) is 10.2 Å². The van der Waals surface area contributed by atoms with Crippen molar-refractivity contribution in [1.82, 2.24) is 10.2 Å². The molecule has 3 aromatic rings. The first-order chi connectivity index (χ1) is 15.1. The van der Waals surface area contributed by atoms with Crippen LogP contribution in [-0.4, -0.2) is 41.0 Å². The van der Waals surface area contributed by atoms with E-state index in [-0.39, 0.29) is 17.6 Å². The van der Waals surface area contributed by atoms with E-state index in [9.17, 15) is 9.59 Å². The Morgan fingerprint density at radius 1 is 1.13 bits per heavy atom. The number of carbonyl (C=O) groups is 2. The summed E-state index contributed by atoms with van der Waals surface area (Å²) in [6.45, 7) is 3.94. The Bertz CT molecular complexity index is 1070. The van der Waals surface area contributed by atoms with Crippen LogP contribution in [0.25, 0.3) is 0 Å². The van der Waals surface area contributed by atoms with Gasteiger partial charge in [0.2, 0.25) is 5.13 Å². The van der Waals surface area contributed by atoms with Gasteiger partial charge in [0.1, 0.15) is 0 Å². The molecular formula is C22H22N4O3S2. The average molecular weight is 455 g/mol. The molecule has 9 heteroatoms. The number of nitrogens with one attached hydrogen (secondary N) is 1. The lowest BCUT2D eigenvalue weighted by Gasteiger charge is -2.30. The summed E-state index contributed by atoms with van der Waals surface area (Å²) in [5, 5.41) is 11.1. The van der Waals surface area contributed by atoms with Crippen LogP contribution in [0.2, 0.25) is 0 Å². The van der Waals surface area contributed by atoms with Crippen molar-refractivity contribution in [2.24, 2.45) is 0 Å². The van der Waals surface area contributed by atoms with Gasteiger partial charge in [-0.25, -0.2) is 0 Å². The van der Waals surface area contributed by atoms with E-state index < -0.39 is 0 Å². The van der Waals surface area contributed by atoms with Gasteiger partial charge in [0.05, 0.1) is 12.4 Å². The van der Waals surface area contributed by atoms with Gasteiger partial charge in [-0.2, -0.15) is 0 Å². The van der Waals surface area contributed by atoms with Crippen molar-refractivity contribution in [2.75, 3.05) is 29.1 Å². The third-order valence-electron chi connectivity index (χ3n) is 4.87. The summed E-state index contributed by atoms with van der Waals surface area (Å²) in [5.41, 5.74) is 4.41. The highest BCUT2D eigenvalue weighted by Gasteiger charge is 2.17. The molecule has 0 atom stereocenters. The summed E-state index contributed by atoms with van der Waals surface area (Å²) >= 11 is 2.47.